The van der Waals surface area contributed by atoms with E-state index in [-0.39, 0.29) is 22.3 Å². The minimum Gasteiger partial charge on any atom is -0.543 e. The van der Waals surface area contributed by atoms with E-state index in [0.717, 1.165) is 33.2 Å². The standard InChI is InChI=1S/C32H24Cl2N6O9S2/c33-17-11-16(20(34)25(42)24(17)41)26(31(47)48)49-38-21(18-13-51-32(35)36-18)27(43)37-22-28(44)40-23(30(45)46)15(12-50-29(22)40)7-4-10-39-9-3-6-14-5-1-2-8-19(14)39/h1-9,11,13,22,26,29H,10,12H2,(H6-,35,36,37,38,41,42,43,45,46,47,48). The molecule has 2 amide bonds. The maximum atomic E-state index is 13.6. The number of thioether (sulfide) groups is 1. The number of anilines is 1. The van der Waals surface area contributed by atoms with Gasteiger partial charge in [-0.15, -0.1) is 23.1 Å². The number of para-hydroxylation sites is 1. The molecule has 1 fully saturated rings. The van der Waals surface area contributed by atoms with Crippen molar-refractivity contribution in [2.75, 3.05) is 11.5 Å². The normalized spacial score (nSPS) is 18.0. The molecule has 15 nitrogen and oxygen atoms in total. The lowest BCUT2D eigenvalue weighted by Gasteiger charge is -2.50. The summed E-state index contributed by atoms with van der Waals surface area (Å²) >= 11 is 14.1. The van der Waals surface area contributed by atoms with Gasteiger partial charge in [-0.05, 0) is 29.8 Å². The van der Waals surface area contributed by atoms with Gasteiger partial charge in [0.05, 0.1) is 21.7 Å². The van der Waals surface area contributed by atoms with E-state index < -0.39 is 74.1 Å². The number of halogens is 2. The van der Waals surface area contributed by atoms with E-state index in [1.165, 1.54) is 17.1 Å². The van der Waals surface area contributed by atoms with Gasteiger partial charge in [0, 0.05) is 34.2 Å². The van der Waals surface area contributed by atoms with Crippen molar-refractivity contribution in [3.8, 4) is 11.5 Å². The van der Waals surface area contributed by atoms with Crippen LogP contribution < -0.4 is 20.7 Å². The average molecular weight is 772 g/mol. The molecule has 0 spiro atoms. The van der Waals surface area contributed by atoms with Gasteiger partial charge in [-0.1, -0.05) is 46.6 Å². The second-order valence-corrected chi connectivity index (χ2v) is 13.7. The monoisotopic (exact) mass is 770 g/mol. The van der Waals surface area contributed by atoms with Crippen LogP contribution in [0.1, 0.15) is 17.4 Å². The number of aromatic hydroxyl groups is 2. The second kappa shape index (κ2) is 14.5. The van der Waals surface area contributed by atoms with Crippen LogP contribution in [0.4, 0.5) is 5.13 Å². The summed E-state index contributed by atoms with van der Waals surface area (Å²) in [5, 5.41) is 48.8. The molecule has 2 aromatic heterocycles. The smallest absolute Gasteiger partial charge is 0.352 e. The quantitative estimate of drug-likeness (QED) is 0.0485. The lowest BCUT2D eigenvalue weighted by Crippen LogP contribution is -2.71. The number of β-lactam (4-membered cyclic amide) rings is 1. The van der Waals surface area contributed by atoms with E-state index in [9.17, 15) is 39.6 Å². The lowest BCUT2D eigenvalue weighted by molar-refractivity contribution is -0.661. The van der Waals surface area contributed by atoms with Crippen molar-refractivity contribution < 1.29 is 49.0 Å². The number of allylic oxidation sites excluding steroid dienone is 2. The summed E-state index contributed by atoms with van der Waals surface area (Å²) in [4.78, 5) is 61.6. The molecule has 6 N–H and O–H groups in total. The SMILES string of the molecule is Nc1nc(C(=NOC(C(=O)O)c2cc(Cl)c(O)c(O)c2Cl)C(=O)NC2C(=O)N3C(C(=O)[O-])=C(C=CC[n+]4cccc5ccccc54)CSC23)cs1. The molecule has 19 heteroatoms. The number of oxime groups is 1. The molecule has 3 atom stereocenters. The number of carbonyl (C=O) groups is 4. The Morgan fingerprint density at radius 3 is 2.67 bits per heavy atom. The van der Waals surface area contributed by atoms with Crippen LogP contribution in [0.5, 0.6) is 11.5 Å². The lowest BCUT2D eigenvalue weighted by atomic mass is 10.0. The Balaban J connectivity index is 1.22. The van der Waals surface area contributed by atoms with Crippen LogP contribution in [-0.4, -0.2) is 71.8 Å². The van der Waals surface area contributed by atoms with Crippen molar-refractivity contribution in [2.45, 2.75) is 24.1 Å². The Labute approximate surface area is 305 Å². The van der Waals surface area contributed by atoms with Crippen LogP contribution in [0.25, 0.3) is 10.9 Å². The minimum absolute atomic E-state index is 0.0236. The molecule has 262 valence electrons. The second-order valence-electron chi connectivity index (χ2n) is 10.9. The summed E-state index contributed by atoms with van der Waals surface area (Å²) in [6, 6.07) is 11.4. The van der Waals surface area contributed by atoms with Gasteiger partial charge in [0.1, 0.15) is 17.1 Å². The van der Waals surface area contributed by atoms with Crippen molar-refractivity contribution in [2.24, 2.45) is 5.16 Å². The van der Waals surface area contributed by atoms with Gasteiger partial charge < -0.3 is 41.1 Å². The summed E-state index contributed by atoms with van der Waals surface area (Å²) < 4.78 is 1.99. The number of rotatable bonds is 11. The van der Waals surface area contributed by atoms with Crippen molar-refractivity contribution >= 4 is 91.8 Å². The fourth-order valence-electron chi connectivity index (χ4n) is 5.41. The first-order chi connectivity index (χ1) is 24.4. The number of fused-ring (bicyclic) bond motifs is 2. The molecule has 0 bridgehead atoms. The van der Waals surface area contributed by atoms with E-state index in [1.54, 1.807) is 12.2 Å². The van der Waals surface area contributed by atoms with Gasteiger partial charge >= 0.3 is 5.97 Å². The number of nitrogens with one attached hydrogen (secondary N) is 1. The molecule has 2 aromatic carbocycles. The van der Waals surface area contributed by atoms with Crippen LogP contribution >= 0.6 is 46.3 Å². The summed E-state index contributed by atoms with van der Waals surface area (Å²) in [6.07, 6.45) is 3.26. The third-order valence-corrected chi connectivity index (χ3v) is 10.5. The number of thiazole rings is 1. The molecule has 51 heavy (non-hydrogen) atoms. The molecule has 4 heterocycles. The predicted octanol–water partition coefficient (Wildman–Crippen LogP) is 2.09. The van der Waals surface area contributed by atoms with Crippen LogP contribution in [-0.2, 0) is 30.6 Å². The number of hydrogen-bond donors (Lipinski definition) is 5. The molecular weight excluding hydrogens is 747 g/mol. The van der Waals surface area contributed by atoms with E-state index in [0.29, 0.717) is 12.1 Å². The van der Waals surface area contributed by atoms with E-state index >= 15 is 0 Å². The van der Waals surface area contributed by atoms with E-state index in [2.05, 4.69) is 15.5 Å². The molecular formula is C32H24Cl2N6O9S2. The van der Waals surface area contributed by atoms with Crippen molar-refractivity contribution in [3.05, 3.63) is 98.8 Å². The zero-order valence-electron chi connectivity index (χ0n) is 25.7. The highest BCUT2D eigenvalue weighted by Gasteiger charge is 2.53. The zero-order valence-corrected chi connectivity index (χ0v) is 28.9. The number of carboxylic acids is 2. The van der Waals surface area contributed by atoms with E-state index in [1.807, 2.05) is 47.2 Å². The molecule has 0 saturated carbocycles. The van der Waals surface area contributed by atoms with Crippen LogP contribution in [0.15, 0.2) is 82.6 Å². The Kier molecular flexibility index (Phi) is 10.1. The van der Waals surface area contributed by atoms with Crippen molar-refractivity contribution in [3.63, 3.8) is 0 Å². The maximum Gasteiger partial charge on any atom is 0.352 e. The fraction of sp³-hybridized carbons (Fsp3) is 0.156. The first-order valence-electron chi connectivity index (χ1n) is 14.7. The number of nitrogens with zero attached hydrogens (tertiary/aromatic N) is 4. The van der Waals surface area contributed by atoms with Gasteiger partial charge in [-0.2, -0.15) is 4.57 Å². The van der Waals surface area contributed by atoms with E-state index in [4.69, 9.17) is 33.8 Å². The fourth-order valence-corrected chi connectivity index (χ4v) is 7.73. The topological polar surface area (TPSA) is 232 Å². The van der Waals surface area contributed by atoms with Gasteiger partial charge in [-0.25, -0.2) is 9.78 Å². The maximum absolute atomic E-state index is 13.6. The first kappa shape index (κ1) is 35.5. The number of phenols is 2. The van der Waals surface area contributed by atoms with Crippen LogP contribution in [0.3, 0.4) is 0 Å². The number of aliphatic carboxylic acids is 2. The molecule has 2 aliphatic rings. The summed E-state index contributed by atoms with van der Waals surface area (Å²) in [7, 11) is 0. The highest BCUT2D eigenvalue weighted by Crippen LogP contribution is 2.44. The molecule has 6 rings (SSSR count). The number of carboxylic acid groups (broad SMARTS) is 2. The molecule has 3 unspecified atom stereocenters. The van der Waals surface area contributed by atoms with Gasteiger partial charge in [0.25, 0.3) is 11.8 Å². The van der Waals surface area contributed by atoms with Gasteiger partial charge in [0.2, 0.25) is 11.6 Å². The number of hydrogen-bond acceptors (Lipinski definition) is 13. The van der Waals surface area contributed by atoms with Gasteiger partial charge in [0.15, 0.2) is 35.1 Å². The zero-order chi connectivity index (χ0) is 36.6. The average Bonchev–Trinajstić information content (AvgIpc) is 3.54. The number of carbonyl (C=O) groups excluding carboxylic acids is 3. The predicted molar refractivity (Wildman–Crippen MR) is 185 cm³/mol. The van der Waals surface area contributed by atoms with Crippen LogP contribution in [0.2, 0.25) is 10.0 Å². The van der Waals surface area contributed by atoms with Crippen molar-refractivity contribution in [1.29, 1.82) is 0 Å². The Morgan fingerprint density at radius 2 is 1.96 bits per heavy atom. The number of benzene rings is 2. The molecule has 0 radical (unpaired) electrons. The molecule has 1 saturated heterocycles. The third-order valence-electron chi connectivity index (χ3n) is 7.82. The van der Waals surface area contributed by atoms with Gasteiger partial charge in [-0.3, -0.25) is 14.5 Å². The Morgan fingerprint density at radius 1 is 1.22 bits per heavy atom. The third kappa shape index (κ3) is 6.88. The Bertz CT molecular complexity index is 2200. The number of nitrogen functional groups attached to an aromatic ring is 1. The summed E-state index contributed by atoms with van der Waals surface area (Å²) in [5.41, 5.74) is 5.62. The number of pyridine rings is 1. The number of nitrogens with two attached hydrogens (primary N) is 1. The van der Waals surface area contributed by atoms with Crippen molar-refractivity contribution in [1.82, 2.24) is 15.2 Å². The summed E-state index contributed by atoms with van der Waals surface area (Å²) in [6.45, 7) is 0.424. The molecule has 0 aliphatic carbocycles. The largest absolute Gasteiger partial charge is 0.543 e. The number of aromatic nitrogens is 2. The molecule has 4 aromatic rings. The number of amides is 2. The van der Waals surface area contributed by atoms with Crippen LogP contribution in [0, 0.1) is 0 Å². The highest BCUT2D eigenvalue weighted by molar-refractivity contribution is 8.00. The highest BCUT2D eigenvalue weighted by atomic mass is 35.5. The number of phenolic OH excluding ortho intramolecular Hbond substituents is 2. The molecule has 2 aliphatic heterocycles. The first-order valence-corrected chi connectivity index (χ1v) is 17.4. The Hall–Kier alpha value is -5.36. The minimum atomic E-state index is -2.05. The summed E-state index contributed by atoms with van der Waals surface area (Å²) in [5.74, 6) is -6.53.